The van der Waals surface area contributed by atoms with Gasteiger partial charge in [0, 0.05) is 32.2 Å². The van der Waals surface area contributed by atoms with E-state index in [4.69, 9.17) is 14.0 Å². The molecule has 2 heterocycles. The Morgan fingerprint density at radius 2 is 1.48 bits per heavy atom. The largest absolute Gasteiger partial charge is 0.483 e. The molecule has 2 aliphatic heterocycles. The molecule has 0 bridgehead atoms. The van der Waals surface area contributed by atoms with Gasteiger partial charge in [-0.25, -0.2) is 18.1 Å². The maximum absolute atomic E-state index is 14.7. The maximum atomic E-state index is 14.7. The fourth-order valence-electron chi connectivity index (χ4n) is 3.80. The Labute approximate surface area is 224 Å². The summed E-state index contributed by atoms with van der Waals surface area (Å²) in [5.74, 6) is -3.16. The van der Waals surface area contributed by atoms with Crippen molar-refractivity contribution in [3.63, 3.8) is 0 Å². The maximum Gasteiger partial charge on any atom is 0.416 e. The lowest BCUT2D eigenvalue weighted by molar-refractivity contribution is -0.385. The number of nitro benzene ring substituents is 1. The molecule has 0 amide bonds. The fraction of sp³-hybridized carbons (Fsp3) is 0.280. The van der Waals surface area contributed by atoms with Gasteiger partial charge in [-0.15, -0.1) is 0 Å². The van der Waals surface area contributed by atoms with Crippen LogP contribution in [0.1, 0.15) is 16.7 Å². The molecule has 5 rings (SSSR count). The normalized spacial score (nSPS) is 15.6. The van der Waals surface area contributed by atoms with E-state index in [0.29, 0.717) is 26.2 Å². The van der Waals surface area contributed by atoms with Crippen LogP contribution in [-0.4, -0.2) is 40.4 Å². The molecule has 0 aromatic heterocycles. The van der Waals surface area contributed by atoms with Crippen molar-refractivity contribution in [1.29, 1.82) is 0 Å². The smallest absolute Gasteiger partial charge is 0.416 e. The number of nitrogens with zero attached hydrogens (tertiary/aromatic N) is 3. The molecule has 40 heavy (non-hydrogen) atoms. The Morgan fingerprint density at radius 1 is 0.875 bits per heavy atom. The zero-order valence-electron chi connectivity index (χ0n) is 20.6. The first-order valence-corrected chi connectivity index (χ1v) is 13.5. The highest BCUT2D eigenvalue weighted by Crippen LogP contribution is 2.61. The standard InChI is InChI=1S/C25H21F5N3O6P/c26-20-11-17(15-38-40(36,31-7-8-31)32-9-10-32)12-21(27)24(20)37-14-16-1-6-22(33(34)35)23(13-16)39-19-4-2-18(3-5-19)25(28,29)30/h1-6,11-13H,7-10,14-15H2. The first-order valence-electron chi connectivity index (χ1n) is 11.9. The summed E-state index contributed by atoms with van der Waals surface area (Å²) >= 11 is 0. The van der Waals surface area contributed by atoms with Crippen LogP contribution in [-0.2, 0) is 28.5 Å². The van der Waals surface area contributed by atoms with E-state index >= 15 is 0 Å². The van der Waals surface area contributed by atoms with Gasteiger partial charge in [-0.2, -0.15) is 13.2 Å². The number of hydrogen-bond donors (Lipinski definition) is 0. The Balaban J connectivity index is 1.27. The molecular weight excluding hydrogens is 564 g/mol. The first-order chi connectivity index (χ1) is 18.9. The minimum absolute atomic E-state index is 0.0921. The summed E-state index contributed by atoms with van der Waals surface area (Å²) in [4.78, 5) is 10.7. The second-order valence-corrected chi connectivity index (χ2v) is 11.4. The zero-order chi connectivity index (χ0) is 28.7. The Hall–Kier alpha value is -3.58. The summed E-state index contributed by atoms with van der Waals surface area (Å²) in [7, 11) is -3.17. The summed E-state index contributed by atoms with van der Waals surface area (Å²) in [5, 5.41) is 11.4. The van der Waals surface area contributed by atoms with E-state index in [-0.39, 0.29) is 29.2 Å². The van der Waals surface area contributed by atoms with Crippen LogP contribution in [0.25, 0.3) is 0 Å². The van der Waals surface area contributed by atoms with E-state index in [0.717, 1.165) is 42.5 Å². The zero-order valence-corrected chi connectivity index (χ0v) is 21.5. The number of ether oxygens (including phenoxy) is 2. The van der Waals surface area contributed by atoms with E-state index in [9.17, 15) is 36.6 Å². The van der Waals surface area contributed by atoms with Gasteiger partial charge in [-0.3, -0.25) is 14.7 Å². The monoisotopic (exact) mass is 585 g/mol. The van der Waals surface area contributed by atoms with Crippen molar-refractivity contribution < 1.29 is 45.4 Å². The highest BCUT2D eigenvalue weighted by molar-refractivity contribution is 7.54. The van der Waals surface area contributed by atoms with Crippen LogP contribution in [0.4, 0.5) is 27.6 Å². The van der Waals surface area contributed by atoms with Gasteiger partial charge in [-0.1, -0.05) is 0 Å². The summed E-state index contributed by atoms with van der Waals surface area (Å²) in [6.07, 6.45) is -4.57. The van der Waals surface area contributed by atoms with E-state index < -0.39 is 54.0 Å². The molecule has 0 radical (unpaired) electrons. The summed E-state index contributed by atoms with van der Waals surface area (Å²) in [6.45, 7) is 1.83. The number of halogens is 5. The van der Waals surface area contributed by atoms with Crippen LogP contribution in [0.3, 0.4) is 0 Å². The van der Waals surface area contributed by atoms with Crippen molar-refractivity contribution in [2.45, 2.75) is 19.4 Å². The molecule has 0 unspecified atom stereocenters. The highest BCUT2D eigenvalue weighted by Gasteiger charge is 2.49. The van der Waals surface area contributed by atoms with Crippen molar-refractivity contribution in [3.05, 3.63) is 93.0 Å². The van der Waals surface area contributed by atoms with Gasteiger partial charge < -0.3 is 14.0 Å². The molecule has 3 aromatic carbocycles. The third kappa shape index (κ3) is 6.25. The van der Waals surface area contributed by atoms with E-state index in [1.165, 1.54) is 12.1 Å². The Morgan fingerprint density at radius 3 is 2.00 bits per heavy atom. The predicted molar refractivity (Wildman–Crippen MR) is 131 cm³/mol. The van der Waals surface area contributed by atoms with Crippen LogP contribution in [0.15, 0.2) is 54.6 Å². The van der Waals surface area contributed by atoms with Crippen LogP contribution in [0, 0.1) is 21.7 Å². The number of rotatable bonds is 11. The second kappa shape index (κ2) is 10.8. The number of nitro groups is 1. The van der Waals surface area contributed by atoms with Crippen LogP contribution >= 0.6 is 7.67 Å². The van der Waals surface area contributed by atoms with Crippen molar-refractivity contribution in [2.75, 3.05) is 26.2 Å². The molecule has 2 fully saturated rings. The van der Waals surface area contributed by atoms with Gasteiger partial charge in [0.25, 0.3) is 0 Å². The average Bonchev–Trinajstić information content (AvgIpc) is 3.80. The summed E-state index contributed by atoms with van der Waals surface area (Å²) in [6, 6.07) is 9.10. The van der Waals surface area contributed by atoms with E-state index in [1.54, 1.807) is 9.34 Å². The molecular formula is C25H21F5N3O6P. The van der Waals surface area contributed by atoms with Gasteiger partial charge in [0.15, 0.2) is 17.4 Å². The lowest BCUT2D eigenvalue weighted by Gasteiger charge is -2.20. The topological polar surface area (TPSA) is 93.9 Å². The predicted octanol–water partition coefficient (Wildman–Crippen LogP) is 6.52. The van der Waals surface area contributed by atoms with Crippen molar-refractivity contribution in [1.82, 2.24) is 9.34 Å². The molecule has 0 spiro atoms. The van der Waals surface area contributed by atoms with Crippen LogP contribution in [0.2, 0.25) is 0 Å². The molecule has 2 saturated heterocycles. The van der Waals surface area contributed by atoms with Gasteiger partial charge >= 0.3 is 19.5 Å². The number of benzene rings is 3. The molecule has 2 aliphatic rings. The Bertz CT molecular complexity index is 1440. The number of hydrogen-bond acceptors (Lipinski definition) is 6. The lowest BCUT2D eigenvalue weighted by Crippen LogP contribution is -2.08. The molecule has 3 aromatic rings. The molecule has 0 N–H and O–H groups in total. The van der Waals surface area contributed by atoms with Gasteiger partial charge in [-0.05, 0) is 59.7 Å². The van der Waals surface area contributed by atoms with E-state index in [2.05, 4.69) is 0 Å². The minimum atomic E-state index is -4.57. The van der Waals surface area contributed by atoms with Crippen molar-refractivity contribution in [2.24, 2.45) is 0 Å². The lowest BCUT2D eigenvalue weighted by atomic mass is 10.2. The molecule has 0 aliphatic carbocycles. The van der Waals surface area contributed by atoms with Gasteiger partial charge in [0.1, 0.15) is 12.4 Å². The number of alkyl halides is 3. The Kier molecular flexibility index (Phi) is 7.53. The fourth-order valence-corrected chi connectivity index (χ4v) is 6.00. The molecule has 212 valence electrons. The van der Waals surface area contributed by atoms with E-state index in [1.807, 2.05) is 0 Å². The van der Waals surface area contributed by atoms with Crippen molar-refractivity contribution >= 4 is 13.4 Å². The molecule has 0 saturated carbocycles. The third-order valence-corrected chi connectivity index (χ3v) is 8.73. The quantitative estimate of drug-likeness (QED) is 0.0826. The SMILES string of the molecule is O=[N+]([O-])c1ccc(COc2c(F)cc(COP(=O)(N3CC3)N3CC3)cc2F)cc1Oc1ccc(C(F)(F)F)cc1. The minimum Gasteiger partial charge on any atom is -0.483 e. The molecule has 15 heteroatoms. The van der Waals surface area contributed by atoms with Crippen LogP contribution < -0.4 is 9.47 Å². The highest BCUT2D eigenvalue weighted by atomic mass is 31.2. The van der Waals surface area contributed by atoms with Gasteiger partial charge in [0.2, 0.25) is 5.75 Å². The van der Waals surface area contributed by atoms with Crippen LogP contribution in [0.5, 0.6) is 17.2 Å². The summed E-state index contributed by atoms with van der Waals surface area (Å²) in [5.41, 5.74) is -1.05. The average molecular weight is 585 g/mol. The summed E-state index contributed by atoms with van der Waals surface area (Å²) < 4.78 is 100. The second-order valence-electron chi connectivity index (χ2n) is 9.03. The third-order valence-electron chi connectivity index (χ3n) is 6.03. The molecule has 0 atom stereocenters. The first kappa shape index (κ1) is 28.0. The van der Waals surface area contributed by atoms with Crippen molar-refractivity contribution in [3.8, 4) is 17.2 Å². The van der Waals surface area contributed by atoms with Gasteiger partial charge in [0.05, 0.1) is 17.1 Å². The molecule has 9 nitrogen and oxygen atoms in total.